The number of anilines is 1. The number of carbonyl (C=O) groups is 1. The van der Waals surface area contributed by atoms with Gasteiger partial charge in [0.25, 0.3) is 0 Å². The van der Waals surface area contributed by atoms with Gasteiger partial charge in [0.1, 0.15) is 25.0 Å². The number of aryl methyl sites for hydroxylation is 1. The topological polar surface area (TPSA) is 103 Å². The fourth-order valence-electron chi connectivity index (χ4n) is 3.66. The Morgan fingerprint density at radius 1 is 1.00 bits per heavy atom. The first-order valence-electron chi connectivity index (χ1n) is 10.8. The molecule has 0 unspecified atom stereocenters. The van der Waals surface area contributed by atoms with Crippen LogP contribution in [0.25, 0.3) is 0 Å². The molecule has 0 saturated heterocycles. The number of nitrogens with one attached hydrogen (secondary N) is 2. The third-order valence-corrected chi connectivity index (χ3v) is 6.85. The lowest BCUT2D eigenvalue weighted by molar-refractivity contribution is -0.117. The minimum atomic E-state index is -3.99. The summed E-state index contributed by atoms with van der Waals surface area (Å²) in [5, 5.41) is 2.79. The number of rotatable bonds is 8. The Kier molecular flexibility index (Phi) is 7.04. The Labute approximate surface area is 198 Å². The highest BCUT2D eigenvalue weighted by atomic mass is 32.2. The highest BCUT2D eigenvalue weighted by Gasteiger charge is 2.27. The second-order valence-corrected chi connectivity index (χ2v) is 9.56. The Morgan fingerprint density at radius 2 is 1.74 bits per heavy atom. The predicted octanol–water partition coefficient (Wildman–Crippen LogP) is 3.30. The van der Waals surface area contributed by atoms with Crippen molar-refractivity contribution in [2.75, 3.05) is 25.6 Å². The lowest BCUT2D eigenvalue weighted by atomic mass is 10.1. The summed E-state index contributed by atoms with van der Waals surface area (Å²) in [5.74, 6) is 1.21. The molecule has 0 aromatic heterocycles. The van der Waals surface area contributed by atoms with Crippen molar-refractivity contribution in [1.29, 1.82) is 0 Å². The van der Waals surface area contributed by atoms with Crippen molar-refractivity contribution in [3.8, 4) is 17.2 Å². The number of fused-ring (bicyclic) bond motifs is 1. The third-order valence-electron chi connectivity index (χ3n) is 5.38. The Balaban J connectivity index is 1.58. The zero-order valence-corrected chi connectivity index (χ0v) is 19.7. The summed E-state index contributed by atoms with van der Waals surface area (Å²) in [5.41, 5.74) is 1.97. The molecule has 3 aromatic carbocycles. The lowest BCUT2D eigenvalue weighted by Gasteiger charge is -2.21. The van der Waals surface area contributed by atoms with Crippen LogP contribution >= 0.6 is 0 Å². The van der Waals surface area contributed by atoms with Crippen LogP contribution in [0.4, 0.5) is 5.69 Å². The molecule has 178 valence electrons. The van der Waals surface area contributed by atoms with Crippen LogP contribution in [0.15, 0.2) is 71.6 Å². The number of carbonyl (C=O) groups excluding carboxylic acids is 1. The van der Waals surface area contributed by atoms with E-state index in [1.807, 2.05) is 30.3 Å². The molecule has 9 heteroatoms. The first-order chi connectivity index (χ1) is 16.4. The van der Waals surface area contributed by atoms with E-state index >= 15 is 0 Å². The molecular weight excluding hydrogens is 456 g/mol. The molecule has 1 aliphatic rings. The number of ether oxygens (including phenoxy) is 3. The standard InChI is InChI=1S/C25H26N2O6S/c1-17-14-20(9-11-22(17)31-2)34(29,30)27-21(15-18-6-4-3-5-7-18)25(28)26-19-8-10-23-24(16-19)33-13-12-32-23/h3-11,14,16,21,27H,12-13,15H2,1-2H3,(H,26,28)/t21-/m0/s1. The van der Waals surface area contributed by atoms with Crippen molar-refractivity contribution in [2.45, 2.75) is 24.3 Å². The van der Waals surface area contributed by atoms with Gasteiger partial charge in [-0.25, -0.2) is 8.42 Å². The molecule has 1 heterocycles. The average Bonchev–Trinajstić information content (AvgIpc) is 2.84. The minimum absolute atomic E-state index is 0.0518. The smallest absolute Gasteiger partial charge is 0.242 e. The molecule has 0 radical (unpaired) electrons. The maximum atomic E-state index is 13.2. The van der Waals surface area contributed by atoms with Crippen LogP contribution in [-0.4, -0.2) is 40.7 Å². The summed E-state index contributed by atoms with van der Waals surface area (Å²) >= 11 is 0. The molecule has 4 rings (SSSR count). The second-order valence-electron chi connectivity index (χ2n) is 7.84. The van der Waals surface area contributed by atoms with Crippen molar-refractivity contribution in [3.63, 3.8) is 0 Å². The van der Waals surface area contributed by atoms with Gasteiger partial charge in [-0.2, -0.15) is 4.72 Å². The van der Waals surface area contributed by atoms with Crippen LogP contribution in [0.1, 0.15) is 11.1 Å². The number of sulfonamides is 1. The summed E-state index contributed by atoms with van der Waals surface area (Å²) < 4.78 is 45.2. The van der Waals surface area contributed by atoms with Gasteiger partial charge in [0.15, 0.2) is 11.5 Å². The van der Waals surface area contributed by atoms with Crippen LogP contribution in [0.5, 0.6) is 17.2 Å². The molecule has 0 bridgehead atoms. The van der Waals surface area contributed by atoms with Gasteiger partial charge in [0.2, 0.25) is 15.9 Å². The maximum absolute atomic E-state index is 13.2. The fraction of sp³-hybridized carbons (Fsp3) is 0.240. The molecule has 0 saturated carbocycles. The van der Waals surface area contributed by atoms with E-state index in [-0.39, 0.29) is 11.3 Å². The number of hydrogen-bond acceptors (Lipinski definition) is 6. The number of methoxy groups -OCH3 is 1. The molecule has 1 aliphatic heterocycles. The van der Waals surface area contributed by atoms with Gasteiger partial charge in [-0.05, 0) is 54.8 Å². The lowest BCUT2D eigenvalue weighted by Crippen LogP contribution is -2.45. The van der Waals surface area contributed by atoms with E-state index in [9.17, 15) is 13.2 Å². The Bertz CT molecular complexity index is 1280. The van der Waals surface area contributed by atoms with Gasteiger partial charge in [0, 0.05) is 11.8 Å². The summed E-state index contributed by atoms with van der Waals surface area (Å²) in [6, 6.07) is 17.8. The first-order valence-corrected chi connectivity index (χ1v) is 12.3. The van der Waals surface area contributed by atoms with Gasteiger partial charge < -0.3 is 19.5 Å². The van der Waals surface area contributed by atoms with E-state index in [1.54, 1.807) is 31.2 Å². The number of hydrogen-bond donors (Lipinski definition) is 2. The first kappa shape index (κ1) is 23.6. The van der Waals surface area contributed by atoms with Crippen LogP contribution in [0, 0.1) is 6.92 Å². The van der Waals surface area contributed by atoms with Crippen molar-refractivity contribution >= 4 is 21.6 Å². The number of benzene rings is 3. The van der Waals surface area contributed by atoms with Gasteiger partial charge in [0.05, 0.1) is 12.0 Å². The zero-order valence-electron chi connectivity index (χ0n) is 18.9. The van der Waals surface area contributed by atoms with Crippen LogP contribution in [-0.2, 0) is 21.2 Å². The molecule has 2 N–H and O–H groups in total. The number of amides is 1. The predicted molar refractivity (Wildman–Crippen MR) is 128 cm³/mol. The third kappa shape index (κ3) is 5.49. The highest BCUT2D eigenvalue weighted by Crippen LogP contribution is 2.32. The van der Waals surface area contributed by atoms with Crippen molar-refractivity contribution in [3.05, 3.63) is 77.9 Å². The molecule has 0 spiro atoms. The second kappa shape index (κ2) is 10.1. The highest BCUT2D eigenvalue weighted by molar-refractivity contribution is 7.89. The van der Waals surface area contributed by atoms with E-state index in [0.29, 0.717) is 41.7 Å². The van der Waals surface area contributed by atoms with Gasteiger partial charge in [-0.3, -0.25) is 4.79 Å². The molecule has 3 aromatic rings. The monoisotopic (exact) mass is 482 g/mol. The SMILES string of the molecule is COc1ccc(S(=O)(=O)N[C@@H](Cc2ccccc2)C(=O)Nc2ccc3c(c2)OCCO3)cc1C. The van der Waals surface area contributed by atoms with Crippen molar-refractivity contribution in [1.82, 2.24) is 4.72 Å². The molecule has 1 amide bonds. The van der Waals surface area contributed by atoms with E-state index in [2.05, 4.69) is 10.0 Å². The molecular formula is C25H26N2O6S. The summed E-state index contributed by atoms with van der Waals surface area (Å²) in [6.45, 7) is 2.64. The molecule has 0 fully saturated rings. The van der Waals surface area contributed by atoms with Crippen molar-refractivity contribution in [2.24, 2.45) is 0 Å². The van der Waals surface area contributed by atoms with Crippen LogP contribution in [0.2, 0.25) is 0 Å². The minimum Gasteiger partial charge on any atom is -0.496 e. The molecule has 8 nitrogen and oxygen atoms in total. The van der Waals surface area contributed by atoms with Gasteiger partial charge in [-0.1, -0.05) is 30.3 Å². The molecule has 0 aliphatic carbocycles. The van der Waals surface area contributed by atoms with Crippen LogP contribution in [0.3, 0.4) is 0 Å². The van der Waals surface area contributed by atoms with E-state index < -0.39 is 22.0 Å². The van der Waals surface area contributed by atoms with E-state index in [0.717, 1.165) is 5.56 Å². The summed E-state index contributed by atoms with van der Waals surface area (Å²) in [4.78, 5) is 13.3. The largest absolute Gasteiger partial charge is 0.496 e. The maximum Gasteiger partial charge on any atom is 0.242 e. The quantitative estimate of drug-likeness (QED) is 0.511. The zero-order chi connectivity index (χ0) is 24.1. The summed E-state index contributed by atoms with van der Waals surface area (Å²) in [6.07, 6.45) is 0.172. The Hall–Kier alpha value is -3.56. The summed E-state index contributed by atoms with van der Waals surface area (Å²) in [7, 11) is -2.47. The Morgan fingerprint density at radius 3 is 2.44 bits per heavy atom. The average molecular weight is 483 g/mol. The normalized spacial score (nSPS) is 13.7. The van der Waals surface area contributed by atoms with Crippen molar-refractivity contribution < 1.29 is 27.4 Å². The molecule has 1 atom stereocenters. The van der Waals surface area contributed by atoms with E-state index in [1.165, 1.54) is 19.2 Å². The van der Waals surface area contributed by atoms with Crippen LogP contribution < -0.4 is 24.2 Å². The van der Waals surface area contributed by atoms with E-state index in [4.69, 9.17) is 14.2 Å². The van der Waals surface area contributed by atoms with Gasteiger partial charge >= 0.3 is 0 Å². The molecule has 34 heavy (non-hydrogen) atoms. The van der Waals surface area contributed by atoms with Gasteiger partial charge in [-0.15, -0.1) is 0 Å². The fourth-order valence-corrected chi connectivity index (χ4v) is 4.94.